The van der Waals surface area contributed by atoms with E-state index in [1.807, 2.05) is 6.92 Å². The number of methoxy groups -OCH3 is 1. The molecule has 1 saturated heterocycles. The van der Waals surface area contributed by atoms with Crippen molar-refractivity contribution in [1.82, 2.24) is 9.80 Å². The Balaban J connectivity index is 2.62. The molecule has 1 heterocycles. The molecule has 0 radical (unpaired) electrons. The first-order chi connectivity index (χ1) is 9.29. The Morgan fingerprint density at radius 3 is 2.20 bits per heavy atom. The van der Waals surface area contributed by atoms with Crippen molar-refractivity contribution in [2.24, 2.45) is 5.92 Å². The van der Waals surface area contributed by atoms with Gasteiger partial charge < -0.3 is 9.64 Å². The van der Waals surface area contributed by atoms with Crippen LogP contribution in [-0.4, -0.2) is 60.5 Å². The van der Waals surface area contributed by atoms with Gasteiger partial charge in [0.1, 0.15) is 0 Å². The van der Waals surface area contributed by atoms with Gasteiger partial charge in [0.2, 0.25) is 5.91 Å². The predicted octanol–water partition coefficient (Wildman–Crippen LogP) is 1.52. The Labute approximate surface area is 122 Å². The SMILES string of the molecule is COC(=O)C(C)CN(C)C(=O)C(C)N1C(C)CCC1C. The number of likely N-dealkylation sites (tertiary alicyclic amines) is 1. The van der Waals surface area contributed by atoms with Gasteiger partial charge in [0.25, 0.3) is 0 Å². The molecule has 5 heteroatoms. The quantitative estimate of drug-likeness (QED) is 0.718. The normalized spacial score (nSPS) is 26.1. The summed E-state index contributed by atoms with van der Waals surface area (Å²) in [4.78, 5) is 27.9. The number of nitrogens with zero attached hydrogens (tertiary/aromatic N) is 2. The fraction of sp³-hybridized carbons (Fsp3) is 0.867. The maximum atomic E-state index is 12.5. The molecule has 1 rings (SSSR count). The highest BCUT2D eigenvalue weighted by molar-refractivity contribution is 5.82. The topological polar surface area (TPSA) is 49.9 Å². The second-order valence-electron chi connectivity index (χ2n) is 6.04. The number of carbonyl (C=O) groups excluding carboxylic acids is 2. The number of carbonyl (C=O) groups is 2. The van der Waals surface area contributed by atoms with E-state index in [0.29, 0.717) is 18.6 Å². The van der Waals surface area contributed by atoms with E-state index in [1.165, 1.54) is 7.11 Å². The van der Waals surface area contributed by atoms with Gasteiger partial charge in [-0.05, 0) is 33.6 Å². The number of ether oxygens (including phenoxy) is 1. The van der Waals surface area contributed by atoms with Crippen LogP contribution in [0.5, 0.6) is 0 Å². The molecular weight excluding hydrogens is 256 g/mol. The minimum atomic E-state index is -0.297. The van der Waals surface area contributed by atoms with Crippen LogP contribution in [-0.2, 0) is 14.3 Å². The van der Waals surface area contributed by atoms with Gasteiger partial charge in [-0.1, -0.05) is 6.92 Å². The third-order valence-corrected chi connectivity index (χ3v) is 4.35. The van der Waals surface area contributed by atoms with E-state index in [2.05, 4.69) is 18.7 Å². The number of esters is 1. The molecule has 1 amide bonds. The highest BCUT2D eigenvalue weighted by Gasteiger charge is 2.35. The van der Waals surface area contributed by atoms with Crippen molar-refractivity contribution in [3.05, 3.63) is 0 Å². The summed E-state index contributed by atoms with van der Waals surface area (Å²) in [5.74, 6) is -0.504. The van der Waals surface area contributed by atoms with Crippen LogP contribution in [0.25, 0.3) is 0 Å². The highest BCUT2D eigenvalue weighted by Crippen LogP contribution is 2.26. The van der Waals surface area contributed by atoms with E-state index in [1.54, 1.807) is 18.9 Å². The van der Waals surface area contributed by atoms with Crippen molar-refractivity contribution in [2.75, 3.05) is 20.7 Å². The fourth-order valence-corrected chi connectivity index (χ4v) is 3.20. The Hall–Kier alpha value is -1.10. The van der Waals surface area contributed by atoms with Gasteiger partial charge in [0, 0.05) is 25.7 Å². The van der Waals surface area contributed by atoms with Crippen LogP contribution in [0.3, 0.4) is 0 Å². The molecule has 1 aliphatic heterocycles. The van der Waals surface area contributed by atoms with Crippen molar-refractivity contribution in [3.8, 4) is 0 Å². The van der Waals surface area contributed by atoms with Crippen LogP contribution < -0.4 is 0 Å². The summed E-state index contributed by atoms with van der Waals surface area (Å²) < 4.78 is 4.70. The zero-order chi connectivity index (χ0) is 15.4. The molecule has 0 aromatic heterocycles. The molecule has 0 N–H and O–H groups in total. The summed E-state index contributed by atoms with van der Waals surface area (Å²) in [6, 6.07) is 0.739. The number of rotatable bonds is 5. The Morgan fingerprint density at radius 1 is 1.25 bits per heavy atom. The van der Waals surface area contributed by atoms with E-state index in [0.717, 1.165) is 12.8 Å². The number of hydrogen-bond acceptors (Lipinski definition) is 4. The lowest BCUT2D eigenvalue weighted by Crippen LogP contribution is -2.50. The first-order valence-electron chi connectivity index (χ1n) is 7.39. The van der Waals surface area contributed by atoms with Crippen LogP contribution >= 0.6 is 0 Å². The molecule has 5 nitrogen and oxygen atoms in total. The average molecular weight is 284 g/mol. The number of likely N-dealkylation sites (N-methyl/N-ethyl adjacent to an activating group) is 1. The van der Waals surface area contributed by atoms with Gasteiger partial charge >= 0.3 is 5.97 Å². The van der Waals surface area contributed by atoms with Gasteiger partial charge in [0.15, 0.2) is 0 Å². The lowest BCUT2D eigenvalue weighted by molar-refractivity contribution is -0.146. The van der Waals surface area contributed by atoms with Gasteiger partial charge in [-0.3, -0.25) is 14.5 Å². The van der Waals surface area contributed by atoms with Gasteiger partial charge in [-0.25, -0.2) is 0 Å². The zero-order valence-corrected chi connectivity index (χ0v) is 13.5. The smallest absolute Gasteiger partial charge is 0.310 e. The molecule has 1 fully saturated rings. The molecule has 0 aliphatic carbocycles. The third-order valence-electron chi connectivity index (χ3n) is 4.35. The molecule has 116 valence electrons. The summed E-state index contributed by atoms with van der Waals surface area (Å²) in [7, 11) is 3.13. The second kappa shape index (κ2) is 7.07. The van der Waals surface area contributed by atoms with Gasteiger partial charge in [-0.2, -0.15) is 0 Å². The van der Waals surface area contributed by atoms with Crippen molar-refractivity contribution in [1.29, 1.82) is 0 Å². The summed E-state index contributed by atoms with van der Waals surface area (Å²) >= 11 is 0. The third kappa shape index (κ3) is 3.72. The van der Waals surface area contributed by atoms with E-state index < -0.39 is 0 Å². The molecule has 0 spiro atoms. The van der Waals surface area contributed by atoms with E-state index >= 15 is 0 Å². The predicted molar refractivity (Wildman–Crippen MR) is 78.3 cm³/mol. The van der Waals surface area contributed by atoms with Crippen LogP contribution in [0.15, 0.2) is 0 Å². The van der Waals surface area contributed by atoms with E-state index in [4.69, 9.17) is 4.74 Å². The lowest BCUT2D eigenvalue weighted by Gasteiger charge is -2.34. The molecule has 0 bridgehead atoms. The summed E-state index contributed by atoms with van der Waals surface area (Å²) in [6.07, 6.45) is 2.28. The molecule has 1 aliphatic rings. The largest absolute Gasteiger partial charge is 0.469 e. The first kappa shape index (κ1) is 17.0. The van der Waals surface area contributed by atoms with E-state index in [9.17, 15) is 9.59 Å². The van der Waals surface area contributed by atoms with Crippen molar-refractivity contribution < 1.29 is 14.3 Å². The zero-order valence-electron chi connectivity index (χ0n) is 13.5. The monoisotopic (exact) mass is 284 g/mol. The summed E-state index contributed by atoms with van der Waals surface area (Å²) in [5.41, 5.74) is 0. The fourth-order valence-electron chi connectivity index (χ4n) is 3.20. The van der Waals surface area contributed by atoms with Crippen molar-refractivity contribution >= 4 is 11.9 Å². The molecule has 4 atom stereocenters. The molecule has 0 aromatic rings. The maximum Gasteiger partial charge on any atom is 0.310 e. The highest BCUT2D eigenvalue weighted by atomic mass is 16.5. The Kier molecular flexibility index (Phi) is 5.99. The van der Waals surface area contributed by atoms with Crippen LogP contribution in [0.1, 0.15) is 40.5 Å². The van der Waals surface area contributed by atoms with Crippen LogP contribution in [0, 0.1) is 5.92 Å². The number of amides is 1. The van der Waals surface area contributed by atoms with E-state index in [-0.39, 0.29) is 23.8 Å². The number of hydrogen-bond donors (Lipinski definition) is 0. The minimum absolute atomic E-state index is 0.0707. The molecular formula is C15H28N2O3. The molecule has 20 heavy (non-hydrogen) atoms. The lowest BCUT2D eigenvalue weighted by atomic mass is 10.1. The van der Waals surface area contributed by atoms with Crippen LogP contribution in [0.2, 0.25) is 0 Å². The summed E-state index contributed by atoms with van der Waals surface area (Å²) in [6.45, 7) is 8.47. The maximum absolute atomic E-state index is 12.5. The molecule has 4 unspecified atom stereocenters. The van der Waals surface area contributed by atoms with Gasteiger partial charge in [0.05, 0.1) is 19.1 Å². The average Bonchev–Trinajstić information content (AvgIpc) is 2.75. The molecule has 0 saturated carbocycles. The first-order valence-corrected chi connectivity index (χ1v) is 7.39. The standard InChI is InChI=1S/C15H28N2O3/c1-10(15(19)20-6)9-16(5)14(18)13(4)17-11(2)7-8-12(17)3/h10-13H,7-9H2,1-6H3. The molecule has 0 aromatic carbocycles. The Morgan fingerprint density at radius 2 is 1.75 bits per heavy atom. The van der Waals surface area contributed by atoms with Crippen molar-refractivity contribution in [2.45, 2.75) is 58.7 Å². The Bertz CT molecular complexity index is 349. The second-order valence-corrected chi connectivity index (χ2v) is 6.04. The minimum Gasteiger partial charge on any atom is -0.469 e. The van der Waals surface area contributed by atoms with Crippen LogP contribution in [0.4, 0.5) is 0 Å². The summed E-state index contributed by atoms with van der Waals surface area (Å²) in [5, 5.41) is 0. The van der Waals surface area contributed by atoms with Gasteiger partial charge in [-0.15, -0.1) is 0 Å². The van der Waals surface area contributed by atoms with Crippen molar-refractivity contribution in [3.63, 3.8) is 0 Å².